The zero-order chi connectivity index (χ0) is 36.8. The smallest absolute Gasteiger partial charge is 0.508 e. The summed E-state index contributed by atoms with van der Waals surface area (Å²) in [4.78, 5) is 19.9. The van der Waals surface area contributed by atoms with Crippen molar-refractivity contribution in [2.45, 2.75) is 26.2 Å². The summed E-state index contributed by atoms with van der Waals surface area (Å²) in [6.07, 6.45) is 5.71. The number of fused-ring (bicyclic) bond motifs is 3. The van der Waals surface area contributed by atoms with Crippen molar-refractivity contribution in [1.29, 1.82) is 0 Å². The SMILES string of the molecule is C[N+]1=C=[N+](c2[c-]c(Oc3[c-]c4c(cc3-c3nc(-c5ccccc5)nc(-c5ccccc5)n3)c3ccccc3n4-c3ccccn3)cc(C(C)(C)C)c2)C=C1.[Pt+2]. The predicted octanol–water partition coefficient (Wildman–Crippen LogP) is 10.00. The third kappa shape index (κ3) is 6.94. The van der Waals surface area contributed by atoms with E-state index in [1.165, 1.54) is 0 Å². The zero-order valence-electron chi connectivity index (χ0n) is 30.6. The molecular weight excluding hydrogens is 862 g/mol. The second-order valence-electron chi connectivity index (χ2n) is 14.2. The number of ether oxygens (including phenoxy) is 1. The van der Waals surface area contributed by atoms with Crippen molar-refractivity contribution < 1.29 is 35.0 Å². The molecule has 0 atom stereocenters. The molecule has 8 nitrogen and oxygen atoms in total. The van der Waals surface area contributed by atoms with Gasteiger partial charge in [0.05, 0.1) is 0 Å². The van der Waals surface area contributed by atoms with Crippen LogP contribution in [0.1, 0.15) is 26.3 Å². The van der Waals surface area contributed by atoms with Crippen molar-refractivity contribution in [1.82, 2.24) is 24.5 Å². The Kier molecular flexibility index (Phi) is 9.40. The molecule has 0 fully saturated rings. The van der Waals surface area contributed by atoms with Crippen molar-refractivity contribution in [2.24, 2.45) is 0 Å². The maximum Gasteiger partial charge on any atom is 2.00 e. The molecule has 0 aliphatic carbocycles. The van der Waals surface area contributed by atoms with Gasteiger partial charge in [0.1, 0.15) is 17.3 Å². The van der Waals surface area contributed by atoms with E-state index in [-0.39, 0.29) is 26.5 Å². The Morgan fingerprint density at radius 3 is 1.98 bits per heavy atom. The van der Waals surface area contributed by atoms with E-state index in [2.05, 4.69) is 67.7 Å². The summed E-state index contributed by atoms with van der Waals surface area (Å²) in [5.41, 5.74) is 5.94. The Labute approximate surface area is 333 Å². The Bertz CT molecular complexity index is 2760. The van der Waals surface area contributed by atoms with Gasteiger partial charge in [-0.15, -0.1) is 29.1 Å². The molecule has 0 radical (unpaired) electrons. The summed E-state index contributed by atoms with van der Waals surface area (Å²) in [5, 5.41) is 2.01. The average molecular weight is 897 g/mol. The average Bonchev–Trinajstić information content (AvgIpc) is 3.78. The van der Waals surface area contributed by atoms with Gasteiger partial charge in [0.2, 0.25) is 6.20 Å². The van der Waals surface area contributed by atoms with Gasteiger partial charge < -0.3 is 9.30 Å². The van der Waals surface area contributed by atoms with E-state index in [1.54, 1.807) is 6.20 Å². The van der Waals surface area contributed by atoms with Crippen LogP contribution in [0, 0.1) is 12.1 Å². The maximum atomic E-state index is 6.98. The fraction of sp³-hybridized carbons (Fsp3) is 0.109. The van der Waals surface area contributed by atoms with Crippen LogP contribution in [0.5, 0.6) is 11.5 Å². The molecule has 1 aliphatic heterocycles. The molecule has 4 heterocycles. The van der Waals surface area contributed by atoms with E-state index >= 15 is 0 Å². The normalized spacial score (nSPS) is 12.4. The molecule has 3 aromatic heterocycles. The molecular formula is C46H35N7OPt+2. The molecule has 0 N–H and O–H groups in total. The summed E-state index contributed by atoms with van der Waals surface area (Å²) < 4.78 is 12.9. The van der Waals surface area contributed by atoms with Crippen LogP contribution in [0.15, 0.2) is 140 Å². The summed E-state index contributed by atoms with van der Waals surface area (Å²) in [6.45, 7) is 6.56. The van der Waals surface area contributed by atoms with Crippen LogP contribution in [-0.2, 0) is 26.5 Å². The summed E-state index contributed by atoms with van der Waals surface area (Å²) in [7, 11) is 1.95. The van der Waals surface area contributed by atoms with Crippen LogP contribution in [0.25, 0.3) is 61.8 Å². The molecule has 268 valence electrons. The Morgan fingerprint density at radius 1 is 0.691 bits per heavy atom. The number of rotatable bonds is 7. The number of para-hydroxylation sites is 1. The third-order valence-corrected chi connectivity index (χ3v) is 9.37. The van der Waals surface area contributed by atoms with Gasteiger partial charge in [-0.25, -0.2) is 19.9 Å². The Hall–Kier alpha value is -6.33. The van der Waals surface area contributed by atoms with E-state index < -0.39 is 0 Å². The van der Waals surface area contributed by atoms with Gasteiger partial charge >= 0.3 is 27.1 Å². The topological polar surface area (TPSA) is 71.7 Å². The molecule has 9 heteroatoms. The van der Waals surface area contributed by atoms with Gasteiger partial charge in [0, 0.05) is 34.3 Å². The minimum absolute atomic E-state index is 0. The molecule has 0 amide bonds. The summed E-state index contributed by atoms with van der Waals surface area (Å²) >= 11 is 0. The second-order valence-corrected chi connectivity index (χ2v) is 14.2. The number of hydrogen-bond acceptors (Lipinski definition) is 5. The summed E-state index contributed by atoms with van der Waals surface area (Å²) in [6, 6.07) is 50.9. The number of hydrogen-bond donors (Lipinski definition) is 0. The fourth-order valence-corrected chi connectivity index (χ4v) is 6.61. The second kappa shape index (κ2) is 14.5. The van der Waals surface area contributed by atoms with Crippen LogP contribution in [0.3, 0.4) is 0 Å². The van der Waals surface area contributed by atoms with E-state index in [1.807, 2.05) is 126 Å². The van der Waals surface area contributed by atoms with Crippen molar-refractivity contribution in [3.05, 3.63) is 158 Å². The molecule has 1 aliphatic rings. The van der Waals surface area contributed by atoms with Gasteiger partial charge in [-0.05, 0) is 34.6 Å². The first-order chi connectivity index (χ1) is 26.3. The molecule has 55 heavy (non-hydrogen) atoms. The number of benzene rings is 5. The molecule has 9 rings (SSSR count). The summed E-state index contributed by atoms with van der Waals surface area (Å²) in [5.74, 6) is 3.32. The maximum absolute atomic E-state index is 6.98. The number of nitrogens with zero attached hydrogens (tertiary/aromatic N) is 7. The van der Waals surface area contributed by atoms with Crippen molar-refractivity contribution in [3.63, 3.8) is 0 Å². The van der Waals surface area contributed by atoms with E-state index in [4.69, 9.17) is 24.7 Å². The van der Waals surface area contributed by atoms with Gasteiger partial charge in [0.25, 0.3) is 6.20 Å². The Balaban J connectivity index is 0.00000427. The monoisotopic (exact) mass is 896 g/mol. The first kappa shape index (κ1) is 35.7. The minimum Gasteiger partial charge on any atom is -0.508 e. The molecule has 8 aromatic rings. The zero-order valence-corrected chi connectivity index (χ0v) is 32.9. The minimum atomic E-state index is -0.178. The first-order valence-electron chi connectivity index (χ1n) is 17.8. The predicted molar refractivity (Wildman–Crippen MR) is 211 cm³/mol. The van der Waals surface area contributed by atoms with Crippen LogP contribution >= 0.6 is 0 Å². The van der Waals surface area contributed by atoms with Gasteiger partial charge in [0.15, 0.2) is 18.7 Å². The molecule has 0 spiro atoms. The third-order valence-electron chi connectivity index (χ3n) is 9.37. The van der Waals surface area contributed by atoms with Gasteiger partial charge in [-0.3, -0.25) is 0 Å². The first-order valence-corrected chi connectivity index (χ1v) is 17.8. The molecule has 0 saturated heterocycles. The molecule has 0 saturated carbocycles. The van der Waals surface area contributed by atoms with Crippen molar-refractivity contribution in [3.8, 4) is 51.5 Å². The standard InChI is InChI=1S/C46H35N7O.Pt/c1-46(2,3)33-25-34(52-24-23-51(4)30-52)27-35(26-33)54-41-29-40-37(36-19-11-12-20-39(36)53(40)42-21-13-14-22-47-42)28-38(41)45-49-43(31-15-7-5-8-16-31)48-44(50-45)32-17-9-6-10-18-32;/h5-26,28H,1-4H3;/q;+2. The van der Waals surface area contributed by atoms with Crippen LogP contribution < -0.4 is 4.74 Å². The van der Waals surface area contributed by atoms with E-state index in [9.17, 15) is 0 Å². The van der Waals surface area contributed by atoms with Crippen molar-refractivity contribution >= 4 is 33.5 Å². The van der Waals surface area contributed by atoms with Gasteiger partial charge in [-0.1, -0.05) is 133 Å². The molecule has 0 bridgehead atoms. The largest absolute Gasteiger partial charge is 2.00 e. The van der Waals surface area contributed by atoms with E-state index in [0.717, 1.165) is 50.0 Å². The molecule has 0 unspecified atom stereocenters. The van der Waals surface area contributed by atoms with Crippen LogP contribution in [-0.4, -0.2) is 46.7 Å². The van der Waals surface area contributed by atoms with Crippen molar-refractivity contribution in [2.75, 3.05) is 7.05 Å². The van der Waals surface area contributed by atoms with E-state index in [0.29, 0.717) is 34.5 Å². The quantitative estimate of drug-likeness (QED) is 0.118. The van der Waals surface area contributed by atoms with Gasteiger partial charge in [-0.2, -0.15) is 0 Å². The Morgan fingerprint density at radius 2 is 1.35 bits per heavy atom. The fourth-order valence-electron chi connectivity index (χ4n) is 6.61. The van der Waals surface area contributed by atoms with Crippen LogP contribution in [0.2, 0.25) is 0 Å². The number of aromatic nitrogens is 5. The van der Waals surface area contributed by atoms with Crippen LogP contribution in [0.4, 0.5) is 5.69 Å². The number of pyridine rings is 1. The molecule has 5 aromatic carbocycles.